The number of ether oxygens (including phenoxy) is 1. The maximum atomic E-state index is 5.12. The summed E-state index contributed by atoms with van der Waals surface area (Å²) in [4.78, 5) is 8.77. The molecule has 0 aromatic heterocycles. The Morgan fingerprint density at radius 1 is 1.31 bits per heavy atom. The lowest BCUT2D eigenvalue weighted by atomic mass is 10.3. The first kappa shape index (κ1) is 10.5. The van der Waals surface area contributed by atoms with Crippen LogP contribution in [-0.2, 0) is 4.74 Å². The van der Waals surface area contributed by atoms with E-state index in [1.807, 2.05) is 0 Å². The summed E-state index contributed by atoms with van der Waals surface area (Å²) in [7, 11) is 5.61. The van der Waals surface area contributed by atoms with Crippen molar-refractivity contribution in [2.24, 2.45) is 4.99 Å². The van der Waals surface area contributed by atoms with Crippen LogP contribution in [0.1, 0.15) is 0 Å². The van der Waals surface area contributed by atoms with Crippen molar-refractivity contribution in [1.29, 1.82) is 0 Å². The second-order valence-electron chi connectivity index (χ2n) is 3.40. The van der Waals surface area contributed by atoms with Gasteiger partial charge < -0.3 is 9.64 Å². The molecule has 0 N–H and O–H groups in total. The molecule has 0 aliphatic carbocycles. The molecule has 1 saturated heterocycles. The zero-order valence-electron chi connectivity index (χ0n) is 8.79. The maximum Gasteiger partial charge on any atom is 0.197 e. The molecule has 0 radical (unpaired) electrons. The SMILES string of the molecule is CN=C(CN1CCN(C)CC1)OC. The van der Waals surface area contributed by atoms with Gasteiger partial charge in [0.05, 0.1) is 13.7 Å². The van der Waals surface area contributed by atoms with Gasteiger partial charge in [-0.05, 0) is 7.05 Å². The van der Waals surface area contributed by atoms with Crippen molar-refractivity contribution in [2.75, 3.05) is 53.9 Å². The molecule has 0 atom stereocenters. The minimum absolute atomic E-state index is 0.824. The van der Waals surface area contributed by atoms with Crippen molar-refractivity contribution >= 4 is 5.90 Å². The van der Waals surface area contributed by atoms with E-state index in [2.05, 4.69) is 21.8 Å². The van der Waals surface area contributed by atoms with E-state index >= 15 is 0 Å². The van der Waals surface area contributed by atoms with E-state index in [0.29, 0.717) is 0 Å². The number of nitrogens with zero attached hydrogens (tertiary/aromatic N) is 3. The van der Waals surface area contributed by atoms with Gasteiger partial charge in [-0.15, -0.1) is 0 Å². The molecule has 1 aliphatic rings. The van der Waals surface area contributed by atoms with Gasteiger partial charge in [-0.1, -0.05) is 0 Å². The summed E-state index contributed by atoms with van der Waals surface area (Å²) in [6.07, 6.45) is 0. The Kier molecular flexibility index (Phi) is 4.18. The number of rotatable bonds is 2. The highest BCUT2D eigenvalue weighted by Gasteiger charge is 2.15. The average molecular weight is 185 g/mol. The van der Waals surface area contributed by atoms with Gasteiger partial charge in [0.15, 0.2) is 5.90 Å². The standard InChI is InChI=1S/C9H19N3O/c1-10-9(13-3)8-12-6-4-11(2)5-7-12/h4-8H2,1-3H3. The van der Waals surface area contributed by atoms with E-state index in [0.717, 1.165) is 38.6 Å². The first-order valence-corrected chi connectivity index (χ1v) is 4.67. The predicted molar refractivity (Wildman–Crippen MR) is 54.3 cm³/mol. The van der Waals surface area contributed by atoms with Crippen LogP contribution in [0, 0.1) is 0 Å². The van der Waals surface area contributed by atoms with Gasteiger partial charge >= 0.3 is 0 Å². The second kappa shape index (κ2) is 5.19. The van der Waals surface area contributed by atoms with E-state index in [1.165, 1.54) is 0 Å². The molecule has 0 aromatic rings. The predicted octanol–water partition coefficient (Wildman–Crippen LogP) is -0.0915. The highest BCUT2D eigenvalue weighted by molar-refractivity contribution is 5.77. The van der Waals surface area contributed by atoms with Crippen molar-refractivity contribution in [1.82, 2.24) is 9.80 Å². The van der Waals surface area contributed by atoms with Crippen molar-refractivity contribution in [2.45, 2.75) is 0 Å². The Bertz CT molecular complexity index is 174. The molecule has 0 bridgehead atoms. The van der Waals surface area contributed by atoms with Gasteiger partial charge in [-0.3, -0.25) is 9.89 Å². The normalized spacial score (nSPS) is 21.9. The summed E-state index contributed by atoms with van der Waals surface area (Å²) in [6.45, 7) is 5.35. The third-order valence-electron chi connectivity index (χ3n) is 2.44. The molecule has 4 heteroatoms. The van der Waals surface area contributed by atoms with Crippen molar-refractivity contribution in [3.8, 4) is 0 Å². The van der Waals surface area contributed by atoms with Crippen molar-refractivity contribution < 1.29 is 4.74 Å². The second-order valence-corrected chi connectivity index (χ2v) is 3.40. The zero-order valence-corrected chi connectivity index (χ0v) is 8.79. The minimum atomic E-state index is 0.824. The molecule has 1 aliphatic heterocycles. The van der Waals surface area contributed by atoms with Gasteiger partial charge in [-0.2, -0.15) is 0 Å². The first-order valence-electron chi connectivity index (χ1n) is 4.67. The van der Waals surface area contributed by atoms with E-state index in [1.54, 1.807) is 14.2 Å². The summed E-state index contributed by atoms with van der Waals surface area (Å²) in [5.74, 6) is 0.824. The molecule has 0 amide bonds. The highest BCUT2D eigenvalue weighted by Crippen LogP contribution is 1.99. The minimum Gasteiger partial charge on any atom is -0.483 e. The Hall–Kier alpha value is -0.610. The molecule has 13 heavy (non-hydrogen) atoms. The van der Waals surface area contributed by atoms with E-state index in [-0.39, 0.29) is 0 Å². The number of aliphatic imine (C=N–C) groups is 1. The van der Waals surface area contributed by atoms with Crippen LogP contribution in [0.25, 0.3) is 0 Å². The number of hydrogen-bond acceptors (Lipinski definition) is 4. The Morgan fingerprint density at radius 3 is 2.38 bits per heavy atom. The van der Waals surface area contributed by atoms with Crippen LogP contribution in [0.15, 0.2) is 4.99 Å². The topological polar surface area (TPSA) is 28.1 Å². The van der Waals surface area contributed by atoms with Gasteiger partial charge in [0.2, 0.25) is 0 Å². The molecule has 0 aromatic carbocycles. The number of piperazine rings is 1. The van der Waals surface area contributed by atoms with E-state index < -0.39 is 0 Å². The average Bonchev–Trinajstić information content (AvgIpc) is 2.17. The van der Waals surface area contributed by atoms with Crippen LogP contribution in [0.4, 0.5) is 0 Å². The molecule has 0 saturated carbocycles. The fraction of sp³-hybridized carbons (Fsp3) is 0.889. The van der Waals surface area contributed by atoms with Crippen LogP contribution in [0.2, 0.25) is 0 Å². The van der Waals surface area contributed by atoms with Crippen LogP contribution in [-0.4, -0.2) is 69.6 Å². The van der Waals surface area contributed by atoms with Gasteiger partial charge in [0.25, 0.3) is 0 Å². The molecule has 1 heterocycles. The van der Waals surface area contributed by atoms with Crippen molar-refractivity contribution in [3.05, 3.63) is 0 Å². The Balaban J connectivity index is 2.29. The summed E-state index contributed by atoms with van der Waals surface area (Å²) in [5, 5.41) is 0. The summed E-state index contributed by atoms with van der Waals surface area (Å²) < 4.78 is 5.12. The van der Waals surface area contributed by atoms with Gasteiger partial charge in [0, 0.05) is 33.2 Å². The fourth-order valence-electron chi connectivity index (χ4n) is 1.42. The highest BCUT2D eigenvalue weighted by atomic mass is 16.5. The summed E-state index contributed by atoms with van der Waals surface area (Å²) >= 11 is 0. The molecule has 0 unspecified atom stereocenters. The molecule has 1 fully saturated rings. The van der Waals surface area contributed by atoms with E-state index in [9.17, 15) is 0 Å². The number of hydrogen-bond donors (Lipinski definition) is 0. The van der Waals surface area contributed by atoms with Crippen LogP contribution in [0.3, 0.4) is 0 Å². The van der Waals surface area contributed by atoms with Crippen LogP contribution < -0.4 is 0 Å². The monoisotopic (exact) mass is 185 g/mol. The number of likely N-dealkylation sites (N-methyl/N-ethyl adjacent to an activating group) is 1. The van der Waals surface area contributed by atoms with Crippen LogP contribution >= 0.6 is 0 Å². The Morgan fingerprint density at radius 2 is 1.92 bits per heavy atom. The smallest absolute Gasteiger partial charge is 0.197 e. The molecule has 1 rings (SSSR count). The lowest BCUT2D eigenvalue weighted by Crippen LogP contribution is -2.46. The Labute approximate surface area is 80.2 Å². The first-order chi connectivity index (χ1) is 6.26. The van der Waals surface area contributed by atoms with Crippen molar-refractivity contribution in [3.63, 3.8) is 0 Å². The molecule has 76 valence electrons. The maximum absolute atomic E-state index is 5.12. The van der Waals surface area contributed by atoms with Gasteiger partial charge in [0.1, 0.15) is 0 Å². The fourth-order valence-corrected chi connectivity index (χ4v) is 1.42. The quantitative estimate of drug-likeness (QED) is 0.444. The van der Waals surface area contributed by atoms with Gasteiger partial charge in [-0.25, -0.2) is 0 Å². The summed E-state index contributed by atoms with van der Waals surface area (Å²) in [5.41, 5.74) is 0. The third kappa shape index (κ3) is 3.32. The third-order valence-corrected chi connectivity index (χ3v) is 2.44. The molecule has 0 spiro atoms. The lowest BCUT2D eigenvalue weighted by molar-refractivity contribution is 0.163. The summed E-state index contributed by atoms with van der Waals surface area (Å²) in [6, 6.07) is 0. The largest absolute Gasteiger partial charge is 0.483 e. The van der Waals surface area contributed by atoms with Crippen LogP contribution in [0.5, 0.6) is 0 Å². The lowest BCUT2D eigenvalue weighted by Gasteiger charge is -2.32. The number of methoxy groups -OCH3 is 1. The molecular weight excluding hydrogens is 166 g/mol. The van der Waals surface area contributed by atoms with E-state index in [4.69, 9.17) is 4.74 Å². The molecule has 4 nitrogen and oxygen atoms in total. The molecular formula is C9H19N3O. The zero-order chi connectivity index (χ0) is 9.68.